The minimum Gasteiger partial charge on any atom is -0.393 e. The van der Waals surface area contributed by atoms with Crippen molar-refractivity contribution in [2.75, 3.05) is 18.1 Å². The lowest BCUT2D eigenvalue weighted by Gasteiger charge is -2.38. The normalized spacial score (nSPS) is 39.6. The second-order valence-corrected chi connectivity index (χ2v) is 9.09. The van der Waals surface area contributed by atoms with Gasteiger partial charge in [-0.05, 0) is 32.1 Å². The maximum absolute atomic E-state index is 12.7. The summed E-state index contributed by atoms with van der Waals surface area (Å²) in [7, 11) is -3.02. The zero-order chi connectivity index (χ0) is 15.0. The quantitative estimate of drug-likeness (QED) is 0.824. The van der Waals surface area contributed by atoms with Crippen molar-refractivity contribution < 1.29 is 18.3 Å². The van der Waals surface area contributed by atoms with Crippen molar-refractivity contribution >= 4 is 15.7 Å². The van der Waals surface area contributed by atoms with Crippen LogP contribution in [0, 0.1) is 11.8 Å². The van der Waals surface area contributed by atoms with Gasteiger partial charge in [0.1, 0.15) is 0 Å². The van der Waals surface area contributed by atoms with E-state index in [1.54, 1.807) is 0 Å². The molecule has 3 fully saturated rings. The summed E-state index contributed by atoms with van der Waals surface area (Å²) < 4.78 is 23.2. The predicted molar refractivity (Wildman–Crippen MR) is 79.5 cm³/mol. The fourth-order valence-electron chi connectivity index (χ4n) is 4.32. The molecular weight excluding hydrogens is 290 g/mol. The summed E-state index contributed by atoms with van der Waals surface area (Å²) in [6.07, 6.45) is 6.10. The Morgan fingerprint density at radius 2 is 1.81 bits per heavy atom. The van der Waals surface area contributed by atoms with Gasteiger partial charge in [-0.2, -0.15) is 0 Å². The van der Waals surface area contributed by atoms with Crippen molar-refractivity contribution in [1.29, 1.82) is 0 Å². The van der Waals surface area contributed by atoms with Crippen molar-refractivity contribution in [1.82, 2.24) is 4.90 Å². The highest BCUT2D eigenvalue weighted by atomic mass is 32.2. The molecule has 3 aliphatic rings. The maximum Gasteiger partial charge on any atom is 0.227 e. The number of amides is 1. The smallest absolute Gasteiger partial charge is 0.227 e. The molecule has 2 heterocycles. The van der Waals surface area contributed by atoms with Gasteiger partial charge in [0.15, 0.2) is 9.84 Å². The number of nitrogens with zero attached hydrogens (tertiary/aromatic N) is 1. The summed E-state index contributed by atoms with van der Waals surface area (Å²) in [5.74, 6) is 0.00636. The van der Waals surface area contributed by atoms with Crippen molar-refractivity contribution in [2.45, 2.75) is 57.1 Å². The second-order valence-electron chi connectivity index (χ2n) is 6.86. The minimum atomic E-state index is -3.02. The van der Waals surface area contributed by atoms with Crippen LogP contribution in [0.3, 0.4) is 0 Å². The molecule has 4 atom stereocenters. The van der Waals surface area contributed by atoms with Crippen LogP contribution in [-0.2, 0) is 14.6 Å². The Morgan fingerprint density at radius 1 is 1.05 bits per heavy atom. The first-order valence-electron chi connectivity index (χ1n) is 8.17. The highest BCUT2D eigenvalue weighted by molar-refractivity contribution is 7.91. The third-order valence-electron chi connectivity index (χ3n) is 5.44. The number of carbonyl (C=O) groups excluding carboxylic acids is 1. The molecule has 0 aromatic rings. The zero-order valence-electron chi connectivity index (χ0n) is 12.4. The van der Waals surface area contributed by atoms with Crippen LogP contribution in [0.4, 0.5) is 0 Å². The lowest BCUT2D eigenvalue weighted by Crippen LogP contribution is -2.47. The molecule has 0 radical (unpaired) electrons. The van der Waals surface area contributed by atoms with Gasteiger partial charge in [0.05, 0.1) is 23.5 Å². The van der Waals surface area contributed by atoms with Crippen LogP contribution < -0.4 is 0 Å². The number of hydrogen-bond acceptors (Lipinski definition) is 4. The number of aliphatic hydroxyl groups is 1. The van der Waals surface area contributed by atoms with E-state index in [9.17, 15) is 18.3 Å². The molecule has 0 aromatic heterocycles. The van der Waals surface area contributed by atoms with Gasteiger partial charge in [-0.3, -0.25) is 4.79 Å². The highest BCUT2D eigenvalue weighted by Gasteiger charge is 2.43. The molecule has 2 aliphatic heterocycles. The summed E-state index contributed by atoms with van der Waals surface area (Å²) in [4.78, 5) is 14.6. The molecule has 0 spiro atoms. The van der Waals surface area contributed by atoms with Gasteiger partial charge in [-0.15, -0.1) is 0 Å². The molecule has 1 saturated carbocycles. The molecule has 5 nitrogen and oxygen atoms in total. The Kier molecular flexibility index (Phi) is 4.28. The van der Waals surface area contributed by atoms with Gasteiger partial charge < -0.3 is 10.0 Å². The van der Waals surface area contributed by atoms with Gasteiger partial charge in [0.2, 0.25) is 5.91 Å². The first-order valence-corrected chi connectivity index (χ1v) is 9.99. The number of likely N-dealkylation sites (tertiary alicyclic amines) is 1. The molecule has 1 N–H and O–H groups in total. The molecule has 2 saturated heterocycles. The Hall–Kier alpha value is -0.620. The van der Waals surface area contributed by atoms with Gasteiger partial charge in [0.25, 0.3) is 0 Å². The third-order valence-corrected chi connectivity index (χ3v) is 7.21. The Bertz CT molecular complexity index is 504. The van der Waals surface area contributed by atoms with E-state index in [1.165, 1.54) is 0 Å². The summed E-state index contributed by atoms with van der Waals surface area (Å²) in [5.41, 5.74) is 0. The van der Waals surface area contributed by atoms with Crippen LogP contribution in [-0.4, -0.2) is 54.5 Å². The zero-order valence-corrected chi connectivity index (χ0v) is 13.2. The fourth-order valence-corrected chi connectivity index (χ4v) is 6.06. The summed E-state index contributed by atoms with van der Waals surface area (Å²) in [6, 6.07) is 0.121. The summed E-state index contributed by atoms with van der Waals surface area (Å²) >= 11 is 0. The SMILES string of the molecule is O=C(C1CCS(=O)(=O)C1)N1CCCC1C1CCCCC1O. The Morgan fingerprint density at radius 3 is 2.48 bits per heavy atom. The largest absolute Gasteiger partial charge is 0.393 e. The van der Waals surface area contributed by atoms with Crippen molar-refractivity contribution in [3.8, 4) is 0 Å². The molecule has 120 valence electrons. The molecule has 6 heteroatoms. The van der Waals surface area contributed by atoms with Crippen LogP contribution in [0.1, 0.15) is 44.9 Å². The van der Waals surface area contributed by atoms with E-state index in [2.05, 4.69) is 0 Å². The highest BCUT2D eigenvalue weighted by Crippen LogP contribution is 2.36. The van der Waals surface area contributed by atoms with E-state index in [4.69, 9.17) is 0 Å². The Labute approximate surface area is 126 Å². The summed E-state index contributed by atoms with van der Waals surface area (Å²) in [5, 5.41) is 10.2. The predicted octanol–water partition coefficient (Wildman–Crippen LogP) is 0.963. The molecule has 1 aliphatic carbocycles. The number of sulfone groups is 1. The maximum atomic E-state index is 12.7. The van der Waals surface area contributed by atoms with E-state index in [0.29, 0.717) is 6.42 Å². The topological polar surface area (TPSA) is 74.7 Å². The fraction of sp³-hybridized carbons (Fsp3) is 0.933. The van der Waals surface area contributed by atoms with Crippen LogP contribution in [0.15, 0.2) is 0 Å². The van der Waals surface area contributed by atoms with E-state index >= 15 is 0 Å². The van der Waals surface area contributed by atoms with E-state index < -0.39 is 9.84 Å². The lowest BCUT2D eigenvalue weighted by molar-refractivity contribution is -0.137. The minimum absolute atomic E-state index is 0.0105. The number of rotatable bonds is 2. The lowest BCUT2D eigenvalue weighted by atomic mass is 9.80. The van der Waals surface area contributed by atoms with E-state index in [1.807, 2.05) is 4.90 Å². The van der Waals surface area contributed by atoms with Crippen LogP contribution >= 0.6 is 0 Å². The molecule has 3 rings (SSSR count). The molecule has 0 bridgehead atoms. The number of hydrogen-bond donors (Lipinski definition) is 1. The Balaban J connectivity index is 1.70. The van der Waals surface area contributed by atoms with Crippen molar-refractivity contribution in [3.63, 3.8) is 0 Å². The van der Waals surface area contributed by atoms with Crippen LogP contribution in [0.5, 0.6) is 0 Å². The number of aliphatic hydroxyl groups excluding tert-OH is 1. The monoisotopic (exact) mass is 315 g/mol. The first-order chi connectivity index (χ1) is 9.98. The van der Waals surface area contributed by atoms with Gasteiger partial charge in [-0.25, -0.2) is 8.42 Å². The average molecular weight is 315 g/mol. The number of carbonyl (C=O) groups is 1. The van der Waals surface area contributed by atoms with Gasteiger partial charge in [-0.1, -0.05) is 12.8 Å². The van der Waals surface area contributed by atoms with Crippen LogP contribution in [0.2, 0.25) is 0 Å². The van der Waals surface area contributed by atoms with E-state index in [0.717, 1.165) is 45.1 Å². The van der Waals surface area contributed by atoms with Gasteiger partial charge >= 0.3 is 0 Å². The third kappa shape index (κ3) is 3.11. The van der Waals surface area contributed by atoms with Gasteiger partial charge in [0, 0.05) is 18.5 Å². The first kappa shape index (κ1) is 15.3. The molecule has 1 amide bonds. The second kappa shape index (κ2) is 5.88. The average Bonchev–Trinajstić information content (AvgIpc) is 3.05. The molecule has 0 aromatic carbocycles. The van der Waals surface area contributed by atoms with Crippen LogP contribution in [0.25, 0.3) is 0 Å². The standard InChI is InChI=1S/C15H25NO4S/c17-14-6-2-1-4-12(14)13-5-3-8-16(13)15(18)11-7-9-21(19,20)10-11/h11-14,17H,1-10H2. The van der Waals surface area contributed by atoms with Crippen molar-refractivity contribution in [2.24, 2.45) is 11.8 Å². The summed E-state index contributed by atoms with van der Waals surface area (Å²) in [6.45, 7) is 0.725. The van der Waals surface area contributed by atoms with E-state index in [-0.39, 0.29) is 41.4 Å². The molecular formula is C15H25NO4S. The molecule has 4 unspecified atom stereocenters. The molecule has 21 heavy (non-hydrogen) atoms. The van der Waals surface area contributed by atoms with Crippen molar-refractivity contribution in [3.05, 3.63) is 0 Å².